The first-order valence-corrected chi connectivity index (χ1v) is 9.46. The van der Waals surface area contributed by atoms with Crippen LogP contribution < -0.4 is 4.72 Å². The quantitative estimate of drug-likeness (QED) is 0.730. The van der Waals surface area contributed by atoms with Crippen molar-refractivity contribution in [1.82, 2.24) is 4.72 Å². The van der Waals surface area contributed by atoms with Gasteiger partial charge in [0.25, 0.3) is 0 Å². The second-order valence-electron chi connectivity index (χ2n) is 5.66. The summed E-state index contributed by atoms with van der Waals surface area (Å²) in [6, 6.07) is 6.02. The van der Waals surface area contributed by atoms with Crippen molar-refractivity contribution in [2.75, 3.05) is 6.61 Å². The van der Waals surface area contributed by atoms with E-state index < -0.39 is 16.1 Å². The van der Waals surface area contributed by atoms with Gasteiger partial charge in [-0.3, -0.25) is 0 Å². The molecule has 1 aromatic carbocycles. The van der Waals surface area contributed by atoms with Gasteiger partial charge in [0.2, 0.25) is 10.0 Å². The van der Waals surface area contributed by atoms with E-state index in [0.717, 1.165) is 17.3 Å². The Labute approximate surface area is 136 Å². The minimum absolute atomic E-state index is 0.125. The summed E-state index contributed by atoms with van der Waals surface area (Å²) in [6.07, 6.45) is 1.71. The molecule has 21 heavy (non-hydrogen) atoms. The smallest absolute Gasteiger partial charge is 0.240 e. The Bertz CT molecular complexity index is 528. The van der Waals surface area contributed by atoms with Crippen molar-refractivity contribution >= 4 is 26.0 Å². The Morgan fingerprint density at radius 3 is 2.24 bits per heavy atom. The maximum Gasteiger partial charge on any atom is 0.240 e. The number of hydrogen-bond acceptors (Lipinski definition) is 3. The molecule has 2 atom stereocenters. The first-order valence-electron chi connectivity index (χ1n) is 7.18. The van der Waals surface area contributed by atoms with E-state index >= 15 is 0 Å². The average molecular weight is 378 g/mol. The van der Waals surface area contributed by atoms with Crippen LogP contribution in [0.1, 0.15) is 33.6 Å². The van der Waals surface area contributed by atoms with Crippen LogP contribution in [-0.2, 0) is 10.0 Å². The van der Waals surface area contributed by atoms with Gasteiger partial charge in [-0.25, -0.2) is 13.1 Å². The van der Waals surface area contributed by atoms with E-state index in [4.69, 9.17) is 0 Å². The zero-order valence-corrected chi connectivity index (χ0v) is 15.1. The topological polar surface area (TPSA) is 66.4 Å². The highest BCUT2D eigenvalue weighted by Gasteiger charge is 2.26. The molecule has 0 saturated heterocycles. The molecular formula is C15H24BrNO3S. The standard InChI is InChI=1S/C15H24BrNO3S/c1-4-12(9-11(2)3)15(10-18)17-21(19,20)14-7-5-13(16)6-8-14/h5-8,11-12,15,17-18H,4,9-10H2,1-3H3/t12-,15-/m1/s1. The largest absolute Gasteiger partial charge is 0.395 e. The SMILES string of the molecule is CC[C@H](CC(C)C)[C@@H](CO)NS(=O)(=O)c1ccc(Br)cc1. The Balaban J connectivity index is 2.90. The molecule has 0 radical (unpaired) electrons. The Hall–Kier alpha value is -0.430. The number of sulfonamides is 1. The third kappa shape index (κ3) is 5.70. The van der Waals surface area contributed by atoms with Gasteiger partial charge in [0.05, 0.1) is 11.5 Å². The first kappa shape index (κ1) is 18.6. The van der Waals surface area contributed by atoms with Crippen LogP contribution in [-0.4, -0.2) is 26.2 Å². The van der Waals surface area contributed by atoms with Crippen molar-refractivity contribution in [1.29, 1.82) is 0 Å². The van der Waals surface area contributed by atoms with Crippen LogP contribution in [0.4, 0.5) is 0 Å². The molecule has 120 valence electrons. The van der Waals surface area contributed by atoms with Crippen LogP contribution >= 0.6 is 15.9 Å². The molecule has 0 amide bonds. The fraction of sp³-hybridized carbons (Fsp3) is 0.600. The van der Waals surface area contributed by atoms with Crippen molar-refractivity contribution in [3.63, 3.8) is 0 Å². The molecule has 2 N–H and O–H groups in total. The summed E-state index contributed by atoms with van der Waals surface area (Å²) in [7, 11) is -3.61. The van der Waals surface area contributed by atoms with E-state index in [1.165, 1.54) is 0 Å². The zero-order chi connectivity index (χ0) is 16.0. The van der Waals surface area contributed by atoms with E-state index in [1.54, 1.807) is 24.3 Å². The lowest BCUT2D eigenvalue weighted by molar-refractivity contribution is 0.197. The molecule has 1 aromatic rings. The second-order valence-corrected chi connectivity index (χ2v) is 8.29. The van der Waals surface area contributed by atoms with Gasteiger partial charge in [0.15, 0.2) is 0 Å². The number of halogens is 1. The number of aliphatic hydroxyl groups is 1. The molecule has 0 heterocycles. The van der Waals surface area contributed by atoms with Gasteiger partial charge in [0, 0.05) is 10.5 Å². The average Bonchev–Trinajstić information content (AvgIpc) is 2.42. The van der Waals surface area contributed by atoms with Crippen LogP contribution in [0.3, 0.4) is 0 Å². The highest BCUT2D eigenvalue weighted by Crippen LogP contribution is 2.21. The second kappa shape index (κ2) is 8.27. The zero-order valence-electron chi connectivity index (χ0n) is 12.7. The molecule has 6 heteroatoms. The molecule has 4 nitrogen and oxygen atoms in total. The van der Waals surface area contributed by atoms with Crippen molar-refractivity contribution < 1.29 is 13.5 Å². The van der Waals surface area contributed by atoms with Crippen molar-refractivity contribution in [2.24, 2.45) is 11.8 Å². The molecule has 1 rings (SSSR count). The van der Waals surface area contributed by atoms with Crippen LogP contribution in [0, 0.1) is 11.8 Å². The summed E-state index contributed by atoms with van der Waals surface area (Å²) in [5.41, 5.74) is 0. The number of hydrogen-bond donors (Lipinski definition) is 2. The van der Waals surface area contributed by atoms with E-state index in [1.807, 2.05) is 6.92 Å². The number of aliphatic hydroxyl groups excluding tert-OH is 1. The lowest BCUT2D eigenvalue weighted by atomic mass is 9.89. The predicted octanol–water partition coefficient (Wildman–Crippen LogP) is 3.16. The Morgan fingerprint density at radius 1 is 1.24 bits per heavy atom. The van der Waals surface area contributed by atoms with Crippen LogP contribution in [0.2, 0.25) is 0 Å². The molecule has 0 unspecified atom stereocenters. The van der Waals surface area contributed by atoms with Crippen molar-refractivity contribution in [3.05, 3.63) is 28.7 Å². The number of benzene rings is 1. The highest BCUT2D eigenvalue weighted by molar-refractivity contribution is 9.10. The predicted molar refractivity (Wildman–Crippen MR) is 88.6 cm³/mol. The van der Waals surface area contributed by atoms with Crippen LogP contribution in [0.25, 0.3) is 0 Å². The van der Waals surface area contributed by atoms with E-state index in [9.17, 15) is 13.5 Å². The molecule has 0 aliphatic carbocycles. The Kier molecular flexibility index (Phi) is 7.33. The fourth-order valence-electron chi connectivity index (χ4n) is 2.38. The third-order valence-corrected chi connectivity index (χ3v) is 5.53. The van der Waals surface area contributed by atoms with Gasteiger partial charge in [-0.05, 0) is 42.5 Å². The molecule has 0 fully saturated rings. The third-order valence-electron chi connectivity index (χ3n) is 3.49. The minimum atomic E-state index is -3.61. The van der Waals surface area contributed by atoms with Crippen LogP contribution in [0.5, 0.6) is 0 Å². The van der Waals surface area contributed by atoms with Gasteiger partial charge < -0.3 is 5.11 Å². The number of rotatable bonds is 8. The van der Waals surface area contributed by atoms with Gasteiger partial charge in [-0.15, -0.1) is 0 Å². The summed E-state index contributed by atoms with van der Waals surface area (Å²) in [5, 5.41) is 9.56. The highest BCUT2D eigenvalue weighted by atomic mass is 79.9. The van der Waals surface area contributed by atoms with Gasteiger partial charge >= 0.3 is 0 Å². The summed E-state index contributed by atoms with van der Waals surface area (Å²) in [6.45, 7) is 6.02. The van der Waals surface area contributed by atoms with E-state index in [0.29, 0.717) is 5.92 Å². The first-order chi connectivity index (χ1) is 9.80. The maximum atomic E-state index is 12.4. The van der Waals surface area contributed by atoms with Crippen LogP contribution in [0.15, 0.2) is 33.6 Å². The van der Waals surface area contributed by atoms with E-state index in [2.05, 4.69) is 34.5 Å². The monoisotopic (exact) mass is 377 g/mol. The molecular weight excluding hydrogens is 354 g/mol. The lowest BCUT2D eigenvalue weighted by Crippen LogP contribution is -2.43. The summed E-state index contributed by atoms with van der Waals surface area (Å²) < 4.78 is 28.2. The summed E-state index contributed by atoms with van der Waals surface area (Å²) >= 11 is 3.28. The molecule has 0 aromatic heterocycles. The maximum absolute atomic E-state index is 12.4. The fourth-order valence-corrected chi connectivity index (χ4v) is 3.94. The normalized spacial score (nSPS) is 15.1. The molecule has 0 aliphatic rings. The van der Waals surface area contributed by atoms with Gasteiger partial charge in [-0.2, -0.15) is 0 Å². The van der Waals surface area contributed by atoms with Gasteiger partial charge in [-0.1, -0.05) is 43.1 Å². The lowest BCUT2D eigenvalue weighted by Gasteiger charge is -2.26. The molecule has 0 saturated carbocycles. The van der Waals surface area contributed by atoms with Crippen molar-refractivity contribution in [3.8, 4) is 0 Å². The minimum Gasteiger partial charge on any atom is -0.395 e. The molecule has 0 bridgehead atoms. The van der Waals surface area contributed by atoms with Gasteiger partial charge in [0.1, 0.15) is 0 Å². The van der Waals surface area contributed by atoms with E-state index in [-0.39, 0.29) is 17.4 Å². The molecule has 0 aliphatic heterocycles. The summed E-state index contributed by atoms with van der Waals surface area (Å²) in [5.74, 6) is 0.585. The summed E-state index contributed by atoms with van der Waals surface area (Å²) in [4.78, 5) is 0.212. The molecule has 0 spiro atoms. The number of nitrogens with one attached hydrogen (secondary N) is 1. The van der Waals surface area contributed by atoms with Crippen molar-refractivity contribution in [2.45, 2.75) is 44.6 Å². The Morgan fingerprint density at radius 2 is 1.81 bits per heavy atom.